The van der Waals surface area contributed by atoms with E-state index in [4.69, 9.17) is 5.73 Å². The van der Waals surface area contributed by atoms with E-state index in [1.54, 1.807) is 34.0 Å². The van der Waals surface area contributed by atoms with E-state index in [0.29, 0.717) is 18.4 Å². The Morgan fingerprint density at radius 3 is 2.76 bits per heavy atom. The van der Waals surface area contributed by atoms with Gasteiger partial charge in [0.25, 0.3) is 5.95 Å². The van der Waals surface area contributed by atoms with Crippen molar-refractivity contribution in [1.82, 2.24) is 34.5 Å². The fourth-order valence-corrected chi connectivity index (χ4v) is 1.93. The Bertz CT molecular complexity index is 731. The van der Waals surface area contributed by atoms with Gasteiger partial charge in [0.15, 0.2) is 0 Å². The highest BCUT2D eigenvalue weighted by Crippen LogP contribution is 2.12. The Hall–Kier alpha value is -2.97. The molecule has 21 heavy (non-hydrogen) atoms. The Morgan fingerprint density at radius 2 is 2.10 bits per heavy atom. The molecule has 0 bridgehead atoms. The minimum atomic E-state index is 0.156. The van der Waals surface area contributed by atoms with Gasteiger partial charge in [-0.2, -0.15) is 25.1 Å². The maximum absolute atomic E-state index is 5.75. The predicted molar refractivity (Wildman–Crippen MR) is 76.7 cm³/mol. The first-order valence-electron chi connectivity index (χ1n) is 6.32. The van der Waals surface area contributed by atoms with E-state index in [0.717, 1.165) is 5.56 Å². The van der Waals surface area contributed by atoms with Gasteiger partial charge in [0.05, 0.1) is 6.20 Å². The quantitative estimate of drug-likeness (QED) is 0.720. The molecule has 0 saturated heterocycles. The second-order valence-corrected chi connectivity index (χ2v) is 4.62. The lowest BCUT2D eigenvalue weighted by molar-refractivity contribution is 0.764. The van der Waals surface area contributed by atoms with Crippen molar-refractivity contribution >= 4 is 11.9 Å². The molecule has 0 saturated carbocycles. The third-order valence-electron chi connectivity index (χ3n) is 2.86. The summed E-state index contributed by atoms with van der Waals surface area (Å²) in [5.74, 6) is 1.03. The summed E-state index contributed by atoms with van der Waals surface area (Å²) < 4.78 is 3.29. The Kier molecular flexibility index (Phi) is 3.22. The summed E-state index contributed by atoms with van der Waals surface area (Å²) >= 11 is 0. The van der Waals surface area contributed by atoms with E-state index < -0.39 is 0 Å². The molecule has 0 aliphatic heterocycles. The summed E-state index contributed by atoms with van der Waals surface area (Å²) in [5, 5.41) is 8.23. The molecule has 0 radical (unpaired) electrons. The number of nitrogens with two attached hydrogens (primary N) is 1. The van der Waals surface area contributed by atoms with Crippen LogP contribution < -0.4 is 10.6 Å². The van der Waals surface area contributed by atoms with E-state index in [2.05, 4.69) is 25.1 Å². The molecule has 3 aromatic heterocycles. The number of anilines is 2. The molecule has 0 spiro atoms. The van der Waals surface area contributed by atoms with Gasteiger partial charge in [-0.1, -0.05) is 0 Å². The SMILES string of the molecule is CN(Cc1cnn(C)c1)c1nc(N)nc(-n2cccn2)n1. The van der Waals surface area contributed by atoms with Gasteiger partial charge >= 0.3 is 0 Å². The number of nitrogen functional groups attached to an aromatic ring is 1. The lowest BCUT2D eigenvalue weighted by Crippen LogP contribution is -2.21. The van der Waals surface area contributed by atoms with E-state index in [-0.39, 0.29) is 5.95 Å². The molecular formula is C12H15N9. The first kappa shape index (κ1) is 13.0. The number of hydrogen-bond acceptors (Lipinski definition) is 7. The Balaban J connectivity index is 1.87. The summed E-state index contributed by atoms with van der Waals surface area (Å²) in [4.78, 5) is 14.5. The third kappa shape index (κ3) is 2.81. The summed E-state index contributed by atoms with van der Waals surface area (Å²) in [5.41, 5.74) is 6.81. The minimum Gasteiger partial charge on any atom is -0.368 e. The molecule has 0 atom stereocenters. The molecule has 2 N–H and O–H groups in total. The highest BCUT2D eigenvalue weighted by molar-refractivity contribution is 5.37. The molecule has 0 amide bonds. The van der Waals surface area contributed by atoms with Crippen LogP contribution in [0.3, 0.4) is 0 Å². The van der Waals surface area contributed by atoms with E-state index in [1.165, 1.54) is 0 Å². The van der Waals surface area contributed by atoms with Gasteiger partial charge in [-0.05, 0) is 6.07 Å². The monoisotopic (exact) mass is 285 g/mol. The standard InChI is InChI=1S/C12H15N9/c1-19(7-9-6-15-20(2)8-9)11-16-10(13)17-12(18-11)21-5-3-4-14-21/h3-6,8H,7H2,1-2H3,(H2,13,16,17,18). The van der Waals surface area contributed by atoms with Gasteiger partial charge in [-0.3, -0.25) is 4.68 Å². The van der Waals surface area contributed by atoms with Crippen molar-refractivity contribution in [3.63, 3.8) is 0 Å². The summed E-state index contributed by atoms with van der Waals surface area (Å²) in [7, 11) is 3.76. The molecule has 0 aliphatic rings. The van der Waals surface area contributed by atoms with Crippen LogP contribution in [0.15, 0.2) is 30.9 Å². The average Bonchev–Trinajstić information content (AvgIpc) is 3.10. The van der Waals surface area contributed by atoms with Gasteiger partial charge in [0, 0.05) is 44.8 Å². The maximum Gasteiger partial charge on any atom is 0.257 e. The fourth-order valence-electron chi connectivity index (χ4n) is 1.93. The largest absolute Gasteiger partial charge is 0.368 e. The number of hydrogen-bond donors (Lipinski definition) is 1. The second-order valence-electron chi connectivity index (χ2n) is 4.62. The molecule has 0 aromatic carbocycles. The molecule has 3 heterocycles. The van der Waals surface area contributed by atoms with Crippen LogP contribution >= 0.6 is 0 Å². The fraction of sp³-hybridized carbons (Fsp3) is 0.250. The normalized spacial score (nSPS) is 10.8. The smallest absolute Gasteiger partial charge is 0.257 e. The van der Waals surface area contributed by atoms with Crippen LogP contribution in [0.4, 0.5) is 11.9 Å². The van der Waals surface area contributed by atoms with Gasteiger partial charge in [-0.15, -0.1) is 0 Å². The van der Waals surface area contributed by atoms with Crippen LogP contribution in [0, 0.1) is 0 Å². The zero-order valence-electron chi connectivity index (χ0n) is 11.7. The Morgan fingerprint density at radius 1 is 1.24 bits per heavy atom. The van der Waals surface area contributed by atoms with Crippen LogP contribution in [-0.2, 0) is 13.6 Å². The topological polar surface area (TPSA) is 104 Å². The highest BCUT2D eigenvalue weighted by atomic mass is 15.4. The van der Waals surface area contributed by atoms with Crippen molar-refractivity contribution in [2.75, 3.05) is 17.7 Å². The van der Waals surface area contributed by atoms with Crippen molar-refractivity contribution in [3.05, 3.63) is 36.4 Å². The number of aromatic nitrogens is 7. The van der Waals surface area contributed by atoms with Crippen molar-refractivity contribution < 1.29 is 0 Å². The lowest BCUT2D eigenvalue weighted by Gasteiger charge is -2.16. The Labute approximate surface area is 121 Å². The molecular weight excluding hydrogens is 270 g/mol. The molecule has 9 nitrogen and oxygen atoms in total. The van der Waals surface area contributed by atoms with Crippen LogP contribution in [-0.4, -0.2) is 41.6 Å². The summed E-state index contributed by atoms with van der Waals surface area (Å²) in [6, 6.07) is 1.79. The van der Waals surface area contributed by atoms with E-state index in [1.807, 2.05) is 25.2 Å². The van der Waals surface area contributed by atoms with Crippen LogP contribution in [0.5, 0.6) is 0 Å². The van der Waals surface area contributed by atoms with Gasteiger partial charge < -0.3 is 10.6 Å². The number of nitrogens with zero attached hydrogens (tertiary/aromatic N) is 8. The zero-order valence-corrected chi connectivity index (χ0v) is 11.7. The molecule has 9 heteroatoms. The van der Waals surface area contributed by atoms with Crippen molar-refractivity contribution in [1.29, 1.82) is 0 Å². The number of aryl methyl sites for hydroxylation is 1. The third-order valence-corrected chi connectivity index (χ3v) is 2.86. The van der Waals surface area contributed by atoms with Gasteiger partial charge in [0.2, 0.25) is 11.9 Å². The van der Waals surface area contributed by atoms with E-state index >= 15 is 0 Å². The van der Waals surface area contributed by atoms with Crippen molar-refractivity contribution in [3.8, 4) is 5.95 Å². The van der Waals surface area contributed by atoms with Crippen LogP contribution in [0.2, 0.25) is 0 Å². The summed E-state index contributed by atoms with van der Waals surface area (Å²) in [6.45, 7) is 0.621. The van der Waals surface area contributed by atoms with Gasteiger partial charge in [-0.25, -0.2) is 4.68 Å². The highest BCUT2D eigenvalue weighted by Gasteiger charge is 2.11. The minimum absolute atomic E-state index is 0.156. The molecule has 108 valence electrons. The predicted octanol–water partition coefficient (Wildman–Crippen LogP) is 0.00940. The molecule has 0 aliphatic carbocycles. The molecule has 3 rings (SSSR count). The van der Waals surface area contributed by atoms with Crippen molar-refractivity contribution in [2.24, 2.45) is 7.05 Å². The van der Waals surface area contributed by atoms with E-state index in [9.17, 15) is 0 Å². The molecule has 0 fully saturated rings. The maximum atomic E-state index is 5.75. The average molecular weight is 285 g/mol. The summed E-state index contributed by atoms with van der Waals surface area (Å²) in [6.07, 6.45) is 7.14. The first-order chi connectivity index (χ1) is 10.1. The second kappa shape index (κ2) is 5.19. The van der Waals surface area contributed by atoms with Crippen LogP contribution in [0.25, 0.3) is 5.95 Å². The molecule has 3 aromatic rings. The van der Waals surface area contributed by atoms with Gasteiger partial charge in [0.1, 0.15) is 0 Å². The molecule has 0 unspecified atom stereocenters. The zero-order chi connectivity index (χ0) is 14.8. The van der Waals surface area contributed by atoms with Crippen LogP contribution in [0.1, 0.15) is 5.56 Å². The lowest BCUT2D eigenvalue weighted by atomic mass is 10.3. The number of rotatable bonds is 4. The van der Waals surface area contributed by atoms with Crippen molar-refractivity contribution in [2.45, 2.75) is 6.54 Å². The first-order valence-corrected chi connectivity index (χ1v) is 6.32.